The van der Waals surface area contributed by atoms with Crippen LogP contribution in [0.3, 0.4) is 0 Å². The van der Waals surface area contributed by atoms with Crippen LogP contribution in [0.4, 0.5) is 4.79 Å². The smallest absolute Gasteiger partial charge is 0.408 e. The molecule has 1 aliphatic heterocycles. The molecule has 75 heavy (non-hydrogen) atoms. The topological polar surface area (TPSA) is 207 Å². The fraction of sp³-hybridized carbons (Fsp3) is 0.554. The number of aryl methyl sites for hydroxylation is 1. The van der Waals surface area contributed by atoms with E-state index in [2.05, 4.69) is 83.7 Å². The SMILES string of the molecule is COc1ccc(Cn2c(=O)ccn([C@@H]3OC([C@H](O)[C@H](NCCCNC(=O)[C@@H](CCc4ccccc4)NC(=O)OCc4ccccc4)C(=O)OC(C)(C)C)[C@@H](O[Si](C)(C)C(C)(C)C)[C@H]3O[Si](C)(C)C(C)(C)C)c2=O)cc1. The molecule has 7 atom stereocenters. The van der Waals surface area contributed by atoms with Crippen molar-refractivity contribution in [2.75, 3.05) is 20.2 Å². The molecule has 412 valence electrons. The lowest BCUT2D eigenvalue weighted by molar-refractivity contribution is -0.166. The fourth-order valence-corrected chi connectivity index (χ4v) is 10.5. The molecule has 5 rings (SSSR count). The van der Waals surface area contributed by atoms with Gasteiger partial charge in [0.25, 0.3) is 5.56 Å². The summed E-state index contributed by atoms with van der Waals surface area (Å²) in [5, 5.41) is 21.0. The number of hydrogen-bond acceptors (Lipinski definition) is 13. The number of hydrogen-bond donors (Lipinski definition) is 4. The van der Waals surface area contributed by atoms with Crippen LogP contribution >= 0.6 is 0 Å². The second-order valence-electron chi connectivity index (χ2n) is 23.3. The number of nitrogens with one attached hydrogen (secondary N) is 3. The third-order valence-corrected chi connectivity index (χ3v) is 23.3. The molecule has 0 spiro atoms. The first-order chi connectivity index (χ1) is 35.0. The lowest BCUT2D eigenvalue weighted by Crippen LogP contribution is -2.59. The third-order valence-electron chi connectivity index (χ3n) is 14.3. The predicted molar refractivity (Wildman–Crippen MR) is 295 cm³/mol. The monoisotopic (exact) mass is 1070 g/mol. The Morgan fingerprint density at radius 1 is 0.747 bits per heavy atom. The Labute approximate surface area is 445 Å². The molecule has 2 heterocycles. The normalized spacial score (nSPS) is 18.7. The van der Waals surface area contributed by atoms with Gasteiger partial charge < -0.3 is 48.9 Å². The zero-order chi connectivity index (χ0) is 55.5. The van der Waals surface area contributed by atoms with Gasteiger partial charge in [0.1, 0.15) is 54.5 Å². The molecule has 4 N–H and O–H groups in total. The molecular formula is C56H83N5O12Si2. The van der Waals surface area contributed by atoms with Crippen molar-refractivity contribution >= 4 is 34.6 Å². The van der Waals surface area contributed by atoms with Crippen LogP contribution in [0.1, 0.15) is 98.1 Å². The largest absolute Gasteiger partial charge is 0.497 e. The van der Waals surface area contributed by atoms with Gasteiger partial charge in [-0.05, 0) is 112 Å². The number of methoxy groups -OCH3 is 1. The molecule has 1 unspecified atom stereocenters. The molecule has 2 amide bonds. The number of esters is 1. The number of rotatable bonds is 23. The van der Waals surface area contributed by atoms with E-state index in [0.29, 0.717) is 30.6 Å². The molecule has 0 aliphatic carbocycles. The number of ether oxygens (including phenoxy) is 4. The molecule has 1 aromatic heterocycles. The van der Waals surface area contributed by atoms with Crippen LogP contribution in [-0.2, 0) is 52.2 Å². The van der Waals surface area contributed by atoms with Gasteiger partial charge in [-0.1, -0.05) is 114 Å². The second-order valence-corrected chi connectivity index (χ2v) is 32.9. The van der Waals surface area contributed by atoms with Gasteiger partial charge >= 0.3 is 17.8 Å². The van der Waals surface area contributed by atoms with Crippen LogP contribution in [0.25, 0.3) is 0 Å². The van der Waals surface area contributed by atoms with Crippen molar-refractivity contribution in [1.82, 2.24) is 25.1 Å². The average Bonchev–Trinajstić information content (AvgIpc) is 3.66. The Morgan fingerprint density at radius 3 is 1.88 bits per heavy atom. The summed E-state index contributed by atoms with van der Waals surface area (Å²) in [6, 6.07) is 24.9. The van der Waals surface area contributed by atoms with Gasteiger partial charge in [-0.15, -0.1) is 0 Å². The summed E-state index contributed by atoms with van der Waals surface area (Å²) < 4.78 is 40.6. The first kappa shape index (κ1) is 60.4. The zero-order valence-electron chi connectivity index (χ0n) is 46.6. The van der Waals surface area contributed by atoms with Gasteiger partial charge in [-0.25, -0.2) is 9.59 Å². The highest BCUT2D eigenvalue weighted by Crippen LogP contribution is 2.46. The number of alkyl carbamates (subject to hydrolysis) is 1. The highest BCUT2D eigenvalue weighted by Gasteiger charge is 2.58. The Kier molecular flexibility index (Phi) is 20.6. The fourth-order valence-electron chi connectivity index (χ4n) is 7.95. The highest BCUT2D eigenvalue weighted by molar-refractivity contribution is 6.74. The van der Waals surface area contributed by atoms with E-state index in [-0.39, 0.29) is 36.3 Å². The number of aromatic nitrogens is 2. The van der Waals surface area contributed by atoms with Crippen molar-refractivity contribution in [1.29, 1.82) is 0 Å². The summed E-state index contributed by atoms with van der Waals surface area (Å²) in [5.41, 5.74) is 0.341. The van der Waals surface area contributed by atoms with E-state index in [4.69, 9.17) is 27.8 Å². The molecule has 4 aromatic rings. The summed E-state index contributed by atoms with van der Waals surface area (Å²) in [7, 11) is -3.98. The van der Waals surface area contributed by atoms with Crippen LogP contribution < -0.4 is 31.9 Å². The summed E-state index contributed by atoms with van der Waals surface area (Å²) in [4.78, 5) is 69.3. The Morgan fingerprint density at radius 2 is 1.32 bits per heavy atom. The van der Waals surface area contributed by atoms with E-state index < -0.39 is 94.2 Å². The molecule has 0 radical (unpaired) electrons. The van der Waals surface area contributed by atoms with Gasteiger partial charge in [-0.2, -0.15) is 0 Å². The van der Waals surface area contributed by atoms with Crippen LogP contribution in [0, 0.1) is 0 Å². The van der Waals surface area contributed by atoms with Crippen molar-refractivity contribution in [2.45, 2.75) is 179 Å². The van der Waals surface area contributed by atoms with Crippen molar-refractivity contribution in [3.8, 4) is 5.75 Å². The van der Waals surface area contributed by atoms with Gasteiger partial charge in [0.05, 0.1) is 13.7 Å². The van der Waals surface area contributed by atoms with E-state index in [9.17, 15) is 29.1 Å². The van der Waals surface area contributed by atoms with Gasteiger partial charge in [-0.3, -0.25) is 23.5 Å². The zero-order valence-corrected chi connectivity index (χ0v) is 48.6. The maximum absolute atomic E-state index is 14.7. The lowest BCUT2D eigenvalue weighted by Gasteiger charge is -2.44. The number of aliphatic hydroxyl groups is 1. The van der Waals surface area contributed by atoms with Gasteiger partial charge in [0.15, 0.2) is 22.9 Å². The Hall–Kier alpha value is -5.42. The van der Waals surface area contributed by atoms with Crippen molar-refractivity contribution in [2.24, 2.45) is 0 Å². The lowest BCUT2D eigenvalue weighted by atomic mass is 9.99. The molecule has 1 fully saturated rings. The van der Waals surface area contributed by atoms with E-state index in [1.54, 1.807) is 52.1 Å². The van der Waals surface area contributed by atoms with Crippen LogP contribution in [0.5, 0.6) is 5.75 Å². The second kappa shape index (κ2) is 25.6. The van der Waals surface area contributed by atoms with Gasteiger partial charge in [0.2, 0.25) is 5.91 Å². The van der Waals surface area contributed by atoms with E-state index in [1.807, 2.05) is 60.7 Å². The van der Waals surface area contributed by atoms with Crippen LogP contribution in [0.2, 0.25) is 36.3 Å². The number of benzene rings is 3. The molecule has 3 aromatic carbocycles. The number of nitrogens with zero attached hydrogens (tertiary/aromatic N) is 2. The standard InChI is InChI=1S/C56H83N5O12Si2/c1-54(2,3)71-51(65)44(57-33-21-34-58-49(64)42(31-28-38-22-17-15-18-23-38)59-52(66)69-37-40-24-19-16-20-25-40)45(63)46-47(72-74(11,12)55(4,5)6)48(73-75(13,14)56(7,8)9)50(70-46)60-35-32-43(62)61(53(60)67)36-39-26-29-41(68-10)30-27-39/h15-20,22-27,29-30,32,35,42,44-48,50,57,63H,21,28,31,33-34,36-37H2,1-14H3,(H,58,64)(H,59,66)/t42-,44+,45-,46?,47-,48-,50-/m1/s1. The van der Waals surface area contributed by atoms with Crippen molar-refractivity contribution in [3.05, 3.63) is 135 Å². The molecular weight excluding hydrogens is 991 g/mol. The first-order valence-corrected chi connectivity index (χ1v) is 31.7. The molecule has 0 bridgehead atoms. The molecule has 17 nitrogen and oxygen atoms in total. The summed E-state index contributed by atoms with van der Waals surface area (Å²) in [6.45, 7) is 26.3. The summed E-state index contributed by atoms with van der Waals surface area (Å²) in [5.74, 6) is -0.555. The highest BCUT2D eigenvalue weighted by atomic mass is 28.4. The first-order valence-electron chi connectivity index (χ1n) is 25.9. The number of carbonyl (C=O) groups is 3. The number of amides is 2. The predicted octanol–water partition coefficient (Wildman–Crippen LogP) is 7.84. The summed E-state index contributed by atoms with van der Waals surface area (Å²) in [6.07, 6.45) is -4.41. The van der Waals surface area contributed by atoms with Gasteiger partial charge in [0, 0.05) is 18.8 Å². The maximum atomic E-state index is 14.7. The number of carbonyl (C=O) groups excluding carboxylic acids is 3. The Balaban J connectivity index is 1.45. The molecule has 0 saturated carbocycles. The quantitative estimate of drug-likeness (QED) is 0.0318. The average molecular weight is 1070 g/mol. The maximum Gasteiger partial charge on any atom is 0.408 e. The Bertz CT molecular complexity index is 2610. The van der Waals surface area contributed by atoms with Crippen LogP contribution in [0.15, 0.2) is 107 Å². The van der Waals surface area contributed by atoms with E-state index in [0.717, 1.165) is 15.7 Å². The third kappa shape index (κ3) is 16.8. The minimum atomic E-state index is -2.78. The van der Waals surface area contributed by atoms with Crippen molar-refractivity contribution in [3.63, 3.8) is 0 Å². The summed E-state index contributed by atoms with van der Waals surface area (Å²) >= 11 is 0. The minimum Gasteiger partial charge on any atom is -0.497 e. The molecule has 19 heteroatoms. The number of aliphatic hydroxyl groups excluding tert-OH is 1. The van der Waals surface area contributed by atoms with Crippen molar-refractivity contribution < 1.29 is 47.3 Å². The van der Waals surface area contributed by atoms with E-state index in [1.165, 1.54) is 16.8 Å². The minimum absolute atomic E-state index is 0.0362. The molecule has 1 saturated heterocycles. The van der Waals surface area contributed by atoms with Crippen LogP contribution in [-0.4, -0.2) is 111 Å². The van der Waals surface area contributed by atoms with E-state index >= 15 is 0 Å². The molecule has 1 aliphatic rings.